The summed E-state index contributed by atoms with van der Waals surface area (Å²) in [6.45, 7) is 0. The van der Waals surface area contributed by atoms with Crippen LogP contribution in [0.15, 0.2) is 42.5 Å². The summed E-state index contributed by atoms with van der Waals surface area (Å²) in [7, 11) is 0. The molecule has 1 aliphatic rings. The Labute approximate surface area is 120 Å². The molecular weight excluding hydrogens is 274 g/mol. The van der Waals surface area contributed by atoms with Gasteiger partial charge in [-0.2, -0.15) is 0 Å². The van der Waals surface area contributed by atoms with Crippen LogP contribution in [-0.2, 0) is 10.2 Å². The van der Waals surface area contributed by atoms with Crippen molar-refractivity contribution in [3.8, 4) is 0 Å². The summed E-state index contributed by atoms with van der Waals surface area (Å²) in [6, 6.07) is 10.1. The molecule has 0 bridgehead atoms. The van der Waals surface area contributed by atoms with Crippen LogP contribution in [0.25, 0.3) is 0 Å². The van der Waals surface area contributed by atoms with Gasteiger partial charge >= 0.3 is 0 Å². The minimum absolute atomic E-state index is 0.124. The third-order valence-corrected chi connectivity index (χ3v) is 3.77. The molecule has 3 N–H and O–H groups in total. The van der Waals surface area contributed by atoms with Gasteiger partial charge in [-0.15, -0.1) is 0 Å². The van der Waals surface area contributed by atoms with E-state index in [-0.39, 0.29) is 11.6 Å². The molecule has 0 saturated heterocycles. The molecule has 2 aromatic rings. The highest BCUT2D eigenvalue weighted by Crippen LogP contribution is 2.49. The lowest BCUT2D eigenvalue weighted by Crippen LogP contribution is -2.27. The van der Waals surface area contributed by atoms with Crippen LogP contribution in [0.2, 0.25) is 0 Å². The molecule has 5 heteroatoms. The lowest BCUT2D eigenvalue weighted by atomic mass is 9.94. The Kier molecular flexibility index (Phi) is 3.12. The Morgan fingerprint density at radius 2 is 1.62 bits per heavy atom. The number of carbonyl (C=O) groups is 1. The zero-order chi connectivity index (χ0) is 15.0. The van der Waals surface area contributed by atoms with Gasteiger partial charge in [-0.05, 0) is 42.7 Å². The predicted octanol–water partition coefficient (Wildman–Crippen LogP) is 3.22. The van der Waals surface area contributed by atoms with E-state index in [0.29, 0.717) is 18.5 Å². The highest BCUT2D eigenvalue weighted by atomic mass is 19.1. The van der Waals surface area contributed by atoms with Crippen molar-refractivity contribution in [1.82, 2.24) is 0 Å². The predicted molar refractivity (Wildman–Crippen MR) is 76.8 cm³/mol. The van der Waals surface area contributed by atoms with Gasteiger partial charge in [0.25, 0.3) is 0 Å². The second kappa shape index (κ2) is 4.84. The molecule has 21 heavy (non-hydrogen) atoms. The van der Waals surface area contributed by atoms with Crippen molar-refractivity contribution >= 4 is 17.3 Å². The monoisotopic (exact) mass is 288 g/mol. The number of anilines is 2. The van der Waals surface area contributed by atoms with Gasteiger partial charge in [-0.1, -0.05) is 12.1 Å². The summed E-state index contributed by atoms with van der Waals surface area (Å²) in [5, 5.41) is 2.59. The van der Waals surface area contributed by atoms with Crippen molar-refractivity contribution in [3.05, 3.63) is 59.7 Å². The Balaban J connectivity index is 1.83. The normalized spacial score (nSPS) is 15.5. The van der Waals surface area contributed by atoms with E-state index in [4.69, 9.17) is 5.73 Å². The smallest absolute Gasteiger partial charge is 0.235 e. The second-order valence-electron chi connectivity index (χ2n) is 5.32. The van der Waals surface area contributed by atoms with Crippen LogP contribution in [0.1, 0.15) is 18.4 Å². The Hall–Kier alpha value is -2.43. The van der Waals surface area contributed by atoms with E-state index in [9.17, 15) is 13.6 Å². The average molecular weight is 288 g/mol. The van der Waals surface area contributed by atoms with E-state index in [1.54, 1.807) is 12.1 Å². The van der Waals surface area contributed by atoms with Crippen LogP contribution in [-0.4, -0.2) is 5.91 Å². The van der Waals surface area contributed by atoms with E-state index in [1.165, 1.54) is 0 Å². The Bertz CT molecular complexity index is 674. The minimum atomic E-state index is -0.720. The molecule has 0 spiro atoms. The van der Waals surface area contributed by atoms with Gasteiger partial charge in [-0.25, -0.2) is 8.78 Å². The lowest BCUT2D eigenvalue weighted by Gasteiger charge is -2.16. The molecule has 0 radical (unpaired) electrons. The molecule has 0 unspecified atom stereocenters. The maximum Gasteiger partial charge on any atom is 0.235 e. The summed E-state index contributed by atoms with van der Waals surface area (Å²) in [4.78, 5) is 12.4. The number of nitrogens with one attached hydrogen (secondary N) is 1. The number of carbonyl (C=O) groups excluding carboxylic acids is 1. The molecule has 0 aromatic heterocycles. The maximum absolute atomic E-state index is 13.2. The summed E-state index contributed by atoms with van der Waals surface area (Å²) in [5.41, 5.74) is 6.64. The molecule has 0 aliphatic heterocycles. The van der Waals surface area contributed by atoms with Gasteiger partial charge in [-0.3, -0.25) is 4.79 Å². The maximum atomic E-state index is 13.2. The van der Waals surface area contributed by atoms with Gasteiger partial charge < -0.3 is 11.1 Å². The second-order valence-corrected chi connectivity index (χ2v) is 5.32. The van der Waals surface area contributed by atoms with Crippen LogP contribution < -0.4 is 11.1 Å². The third kappa shape index (κ3) is 2.59. The quantitative estimate of drug-likeness (QED) is 0.852. The fourth-order valence-electron chi connectivity index (χ4n) is 2.45. The van der Waals surface area contributed by atoms with Gasteiger partial charge in [0.15, 0.2) is 0 Å². The van der Waals surface area contributed by atoms with Crippen LogP contribution in [0.3, 0.4) is 0 Å². The third-order valence-electron chi connectivity index (χ3n) is 3.77. The first-order chi connectivity index (χ1) is 9.99. The van der Waals surface area contributed by atoms with E-state index in [2.05, 4.69) is 5.32 Å². The fraction of sp³-hybridized carbons (Fsp3) is 0.188. The number of hydrogen-bond donors (Lipinski definition) is 2. The van der Waals surface area contributed by atoms with Crippen molar-refractivity contribution in [2.24, 2.45) is 0 Å². The zero-order valence-corrected chi connectivity index (χ0v) is 11.2. The van der Waals surface area contributed by atoms with Crippen LogP contribution in [0.5, 0.6) is 0 Å². The first-order valence-corrected chi connectivity index (χ1v) is 6.63. The summed E-state index contributed by atoms with van der Waals surface area (Å²) in [6.07, 6.45) is 1.42. The lowest BCUT2D eigenvalue weighted by molar-refractivity contribution is -0.118. The Morgan fingerprint density at radius 3 is 2.14 bits per heavy atom. The number of nitrogens with two attached hydrogens (primary N) is 1. The van der Waals surface area contributed by atoms with E-state index >= 15 is 0 Å². The molecule has 1 fully saturated rings. The van der Waals surface area contributed by atoms with E-state index in [0.717, 1.165) is 23.8 Å². The van der Waals surface area contributed by atoms with Crippen molar-refractivity contribution in [1.29, 1.82) is 0 Å². The van der Waals surface area contributed by atoms with E-state index in [1.807, 2.05) is 12.1 Å². The molecule has 0 atom stereocenters. The molecule has 2 aromatic carbocycles. The Morgan fingerprint density at radius 1 is 1.05 bits per heavy atom. The van der Waals surface area contributed by atoms with Crippen molar-refractivity contribution in [2.75, 3.05) is 11.1 Å². The first kappa shape index (κ1) is 13.5. The number of amides is 1. The number of hydrogen-bond acceptors (Lipinski definition) is 2. The molecule has 1 amide bonds. The molecule has 0 heterocycles. The van der Waals surface area contributed by atoms with Crippen LogP contribution in [0, 0.1) is 11.6 Å². The molecule has 1 saturated carbocycles. The molecular formula is C16H14F2N2O. The van der Waals surface area contributed by atoms with E-state index < -0.39 is 17.0 Å². The first-order valence-electron chi connectivity index (χ1n) is 6.63. The van der Waals surface area contributed by atoms with Crippen LogP contribution >= 0.6 is 0 Å². The highest BCUT2D eigenvalue weighted by molar-refractivity contribution is 6.01. The minimum Gasteiger partial charge on any atom is -0.399 e. The van der Waals surface area contributed by atoms with Crippen LogP contribution in [0.4, 0.5) is 20.2 Å². The zero-order valence-electron chi connectivity index (χ0n) is 11.2. The summed E-state index contributed by atoms with van der Waals surface area (Å²) in [5.74, 6) is -1.69. The number of nitrogen functional groups attached to an aromatic ring is 1. The molecule has 3 rings (SSSR count). The molecule has 1 aliphatic carbocycles. The van der Waals surface area contributed by atoms with Gasteiger partial charge in [0, 0.05) is 17.4 Å². The summed E-state index contributed by atoms with van der Waals surface area (Å²) < 4.78 is 26.3. The van der Waals surface area contributed by atoms with Gasteiger partial charge in [0.1, 0.15) is 11.6 Å². The van der Waals surface area contributed by atoms with Gasteiger partial charge in [0.05, 0.1) is 5.41 Å². The van der Waals surface area contributed by atoms with Gasteiger partial charge in [0.2, 0.25) is 5.91 Å². The molecule has 3 nitrogen and oxygen atoms in total. The topological polar surface area (TPSA) is 55.1 Å². The van der Waals surface area contributed by atoms with Crippen molar-refractivity contribution in [2.45, 2.75) is 18.3 Å². The highest BCUT2D eigenvalue weighted by Gasteiger charge is 2.51. The molecule has 108 valence electrons. The SMILES string of the molecule is Nc1ccc(C2(C(=O)Nc3cc(F)cc(F)c3)CC2)cc1. The van der Waals surface area contributed by atoms with Crippen molar-refractivity contribution in [3.63, 3.8) is 0 Å². The number of rotatable bonds is 3. The number of halogens is 2. The average Bonchev–Trinajstić information content (AvgIpc) is 3.19. The largest absolute Gasteiger partial charge is 0.399 e. The number of benzene rings is 2. The van der Waals surface area contributed by atoms with Crippen molar-refractivity contribution < 1.29 is 13.6 Å². The standard InChI is InChI=1S/C16H14F2N2O/c17-11-7-12(18)9-14(8-11)20-15(21)16(5-6-16)10-1-3-13(19)4-2-10/h1-4,7-9H,5-6,19H2,(H,20,21). The fourth-order valence-corrected chi connectivity index (χ4v) is 2.45. The summed E-state index contributed by atoms with van der Waals surface area (Å²) >= 11 is 0.